The van der Waals surface area contributed by atoms with Crippen LogP contribution >= 0.6 is 0 Å². The van der Waals surface area contributed by atoms with E-state index in [1.54, 1.807) is 19.4 Å². The van der Waals surface area contributed by atoms with Crippen molar-refractivity contribution in [2.45, 2.75) is 24.9 Å². The number of piperidine rings is 1. The number of hydrogen-bond donors (Lipinski definition) is 0. The summed E-state index contributed by atoms with van der Waals surface area (Å²) in [5.74, 6) is 0.929. The molecule has 1 aliphatic heterocycles. The minimum Gasteiger partial charge on any atom is -0.371 e. The lowest BCUT2D eigenvalue weighted by Crippen LogP contribution is -2.58. The second-order valence-corrected chi connectivity index (χ2v) is 6.08. The molecule has 20 heavy (non-hydrogen) atoms. The Kier molecular flexibility index (Phi) is 3.49. The van der Waals surface area contributed by atoms with E-state index >= 15 is 0 Å². The fourth-order valence-corrected chi connectivity index (χ4v) is 4.22. The number of nitrogens with zero attached hydrogens (tertiary/aromatic N) is 3. The molecule has 3 atom stereocenters. The molecule has 3 rings (SSSR count). The Labute approximate surface area is 120 Å². The van der Waals surface area contributed by atoms with Crippen LogP contribution in [0.5, 0.6) is 0 Å². The van der Waals surface area contributed by atoms with Gasteiger partial charge < -0.3 is 9.64 Å². The van der Waals surface area contributed by atoms with E-state index < -0.39 is 0 Å². The van der Waals surface area contributed by atoms with Gasteiger partial charge in [0.05, 0.1) is 17.3 Å². The molecular formula is C16H21N3O. The third-order valence-electron chi connectivity index (χ3n) is 5.01. The SMILES string of the molecule is CO[C@@]1(c2cc(C#N)ccn2)[C@@H]2CCC[C@H]1CN(C)C2. The van der Waals surface area contributed by atoms with E-state index in [0.717, 1.165) is 18.8 Å². The first-order chi connectivity index (χ1) is 9.70. The lowest BCUT2D eigenvalue weighted by Gasteiger charge is -2.54. The molecule has 2 heterocycles. The summed E-state index contributed by atoms with van der Waals surface area (Å²) >= 11 is 0. The molecule has 1 saturated carbocycles. The van der Waals surface area contributed by atoms with Crippen LogP contribution in [-0.2, 0) is 10.3 Å². The summed E-state index contributed by atoms with van der Waals surface area (Å²) in [6.07, 6.45) is 5.36. The minimum atomic E-state index is -0.308. The molecule has 1 aromatic heterocycles. The van der Waals surface area contributed by atoms with Crippen molar-refractivity contribution in [2.24, 2.45) is 11.8 Å². The highest BCUT2D eigenvalue weighted by Crippen LogP contribution is 2.50. The van der Waals surface area contributed by atoms with E-state index in [0.29, 0.717) is 17.4 Å². The molecule has 4 nitrogen and oxygen atoms in total. The second-order valence-electron chi connectivity index (χ2n) is 6.08. The molecule has 4 heteroatoms. The predicted molar refractivity (Wildman–Crippen MR) is 76.0 cm³/mol. The Morgan fingerprint density at radius 2 is 2.10 bits per heavy atom. The molecule has 106 valence electrons. The van der Waals surface area contributed by atoms with Crippen molar-refractivity contribution in [2.75, 3.05) is 27.2 Å². The van der Waals surface area contributed by atoms with Crippen LogP contribution in [0.3, 0.4) is 0 Å². The van der Waals surface area contributed by atoms with Crippen LogP contribution < -0.4 is 0 Å². The molecular weight excluding hydrogens is 250 g/mol. The van der Waals surface area contributed by atoms with E-state index in [-0.39, 0.29) is 5.60 Å². The number of pyridine rings is 1. The number of methoxy groups -OCH3 is 1. The van der Waals surface area contributed by atoms with Crippen molar-refractivity contribution in [3.05, 3.63) is 29.6 Å². The first-order valence-electron chi connectivity index (χ1n) is 7.31. The Morgan fingerprint density at radius 1 is 1.40 bits per heavy atom. The van der Waals surface area contributed by atoms with Crippen molar-refractivity contribution in [1.29, 1.82) is 5.26 Å². The van der Waals surface area contributed by atoms with Crippen LogP contribution in [0.2, 0.25) is 0 Å². The van der Waals surface area contributed by atoms with Gasteiger partial charge in [0, 0.05) is 38.2 Å². The second kappa shape index (κ2) is 5.16. The minimum absolute atomic E-state index is 0.308. The first-order valence-corrected chi connectivity index (χ1v) is 7.31. The van der Waals surface area contributed by atoms with E-state index in [2.05, 4.69) is 23.0 Å². The highest BCUT2D eigenvalue weighted by atomic mass is 16.5. The van der Waals surface area contributed by atoms with Crippen molar-refractivity contribution >= 4 is 0 Å². The standard InChI is InChI=1S/C16H21N3O/c1-19-10-13-4-3-5-14(11-19)16(13,20-2)15-8-12(9-17)6-7-18-15/h6-8,13-14H,3-5,10-11H2,1-2H3/t13-,14+,16+. The maximum atomic E-state index is 9.14. The van der Waals surface area contributed by atoms with Gasteiger partial charge in [-0.25, -0.2) is 0 Å². The van der Waals surface area contributed by atoms with Gasteiger partial charge in [-0.15, -0.1) is 0 Å². The summed E-state index contributed by atoms with van der Waals surface area (Å²) < 4.78 is 6.08. The lowest BCUT2D eigenvalue weighted by atomic mass is 9.63. The van der Waals surface area contributed by atoms with Crippen molar-refractivity contribution in [3.8, 4) is 6.07 Å². The van der Waals surface area contributed by atoms with Crippen LogP contribution in [0.15, 0.2) is 18.3 Å². The molecule has 1 aliphatic carbocycles. The Morgan fingerprint density at radius 3 is 2.70 bits per heavy atom. The fraction of sp³-hybridized carbons (Fsp3) is 0.625. The summed E-state index contributed by atoms with van der Waals surface area (Å²) in [6, 6.07) is 5.89. The zero-order valence-electron chi connectivity index (χ0n) is 12.2. The topological polar surface area (TPSA) is 49.1 Å². The highest BCUT2D eigenvalue weighted by molar-refractivity contribution is 5.32. The molecule has 2 bridgehead atoms. The Hall–Kier alpha value is -1.44. The molecule has 0 radical (unpaired) electrons. The van der Waals surface area contributed by atoms with Gasteiger partial charge in [-0.3, -0.25) is 4.98 Å². The number of fused-ring (bicyclic) bond motifs is 2. The smallest absolute Gasteiger partial charge is 0.118 e. The number of aromatic nitrogens is 1. The van der Waals surface area contributed by atoms with Gasteiger partial charge in [-0.05, 0) is 32.0 Å². The third-order valence-corrected chi connectivity index (χ3v) is 5.01. The summed E-state index contributed by atoms with van der Waals surface area (Å²) in [5, 5.41) is 9.14. The van der Waals surface area contributed by atoms with E-state index in [1.165, 1.54) is 19.3 Å². The van der Waals surface area contributed by atoms with Gasteiger partial charge in [0.25, 0.3) is 0 Å². The van der Waals surface area contributed by atoms with Crippen molar-refractivity contribution < 1.29 is 4.74 Å². The molecule has 2 fully saturated rings. The van der Waals surface area contributed by atoms with E-state index in [4.69, 9.17) is 10.00 Å². The summed E-state index contributed by atoms with van der Waals surface area (Å²) in [6.45, 7) is 2.09. The molecule has 0 spiro atoms. The average molecular weight is 271 g/mol. The van der Waals surface area contributed by atoms with Crippen LogP contribution in [0, 0.1) is 23.2 Å². The lowest BCUT2D eigenvalue weighted by molar-refractivity contribution is -0.168. The quantitative estimate of drug-likeness (QED) is 0.827. The van der Waals surface area contributed by atoms with Gasteiger partial charge in [0.1, 0.15) is 5.60 Å². The van der Waals surface area contributed by atoms with Gasteiger partial charge in [-0.1, -0.05) is 6.42 Å². The van der Waals surface area contributed by atoms with Gasteiger partial charge in [-0.2, -0.15) is 5.26 Å². The number of rotatable bonds is 2. The van der Waals surface area contributed by atoms with Crippen LogP contribution in [0.25, 0.3) is 0 Å². The van der Waals surface area contributed by atoms with Gasteiger partial charge in [0.2, 0.25) is 0 Å². The average Bonchev–Trinajstić information content (AvgIpc) is 2.46. The van der Waals surface area contributed by atoms with Gasteiger partial charge in [0.15, 0.2) is 0 Å². The number of likely N-dealkylation sites (tertiary alicyclic amines) is 1. The molecule has 0 amide bonds. The zero-order chi connectivity index (χ0) is 14.2. The molecule has 0 N–H and O–H groups in total. The summed E-state index contributed by atoms with van der Waals surface area (Å²) in [7, 11) is 3.99. The Balaban J connectivity index is 2.08. The van der Waals surface area contributed by atoms with Crippen LogP contribution in [-0.4, -0.2) is 37.1 Å². The van der Waals surface area contributed by atoms with Crippen LogP contribution in [0.4, 0.5) is 0 Å². The number of ether oxygens (including phenoxy) is 1. The maximum absolute atomic E-state index is 9.14. The molecule has 2 aliphatic rings. The predicted octanol–water partition coefficient (Wildman–Crippen LogP) is 2.16. The van der Waals surface area contributed by atoms with Gasteiger partial charge >= 0.3 is 0 Å². The van der Waals surface area contributed by atoms with Crippen molar-refractivity contribution in [1.82, 2.24) is 9.88 Å². The molecule has 0 aromatic carbocycles. The Bertz CT molecular complexity index is 523. The largest absolute Gasteiger partial charge is 0.371 e. The highest BCUT2D eigenvalue weighted by Gasteiger charge is 2.53. The summed E-state index contributed by atoms with van der Waals surface area (Å²) in [5.41, 5.74) is 1.31. The maximum Gasteiger partial charge on any atom is 0.118 e. The third kappa shape index (κ3) is 1.93. The van der Waals surface area contributed by atoms with E-state index in [9.17, 15) is 0 Å². The molecule has 0 unspecified atom stereocenters. The monoisotopic (exact) mass is 271 g/mol. The van der Waals surface area contributed by atoms with E-state index in [1.807, 2.05) is 6.07 Å². The number of nitriles is 1. The van der Waals surface area contributed by atoms with Crippen LogP contribution in [0.1, 0.15) is 30.5 Å². The summed E-state index contributed by atoms with van der Waals surface area (Å²) in [4.78, 5) is 6.97. The van der Waals surface area contributed by atoms with Crippen molar-refractivity contribution in [3.63, 3.8) is 0 Å². The molecule has 1 aromatic rings. The molecule has 1 saturated heterocycles. The number of hydrogen-bond acceptors (Lipinski definition) is 4. The zero-order valence-corrected chi connectivity index (χ0v) is 12.2. The fourth-order valence-electron chi connectivity index (χ4n) is 4.22. The normalized spacial score (nSPS) is 33.6. The first kappa shape index (κ1) is 13.5.